The lowest BCUT2D eigenvalue weighted by Gasteiger charge is -2.30. The Morgan fingerprint density at radius 2 is 1.16 bits per heavy atom. The van der Waals surface area contributed by atoms with E-state index in [1.165, 1.54) is 0 Å². The molecule has 2 amide bonds. The summed E-state index contributed by atoms with van der Waals surface area (Å²) in [5, 5.41) is 14.1. The van der Waals surface area contributed by atoms with E-state index in [9.17, 15) is 19.5 Å². The van der Waals surface area contributed by atoms with Gasteiger partial charge in [-0.1, -0.05) is 108 Å². The van der Waals surface area contributed by atoms with Gasteiger partial charge in [-0.05, 0) is 80.0 Å². The van der Waals surface area contributed by atoms with Crippen molar-refractivity contribution in [3.63, 3.8) is 0 Å². The van der Waals surface area contributed by atoms with Crippen LogP contribution in [-0.4, -0.2) is 69.4 Å². The summed E-state index contributed by atoms with van der Waals surface area (Å²) in [5.74, 6) is 1.43. The van der Waals surface area contributed by atoms with Crippen molar-refractivity contribution in [2.45, 2.75) is 123 Å². The number of esters is 1. The first kappa shape index (κ1) is 40.7. The fourth-order valence-electron chi connectivity index (χ4n) is 10.3. The van der Waals surface area contributed by atoms with Crippen molar-refractivity contribution >= 4 is 39.3 Å². The Labute approximate surface area is 337 Å². The first-order chi connectivity index (χ1) is 27.1. The van der Waals surface area contributed by atoms with Crippen molar-refractivity contribution in [3.8, 4) is 11.5 Å². The van der Waals surface area contributed by atoms with Gasteiger partial charge in [0, 0.05) is 40.9 Å². The molecule has 1 N–H and O–H groups in total. The Balaban J connectivity index is 0.000000179. The molecule has 6 atom stereocenters. The molecule has 4 aliphatic rings. The van der Waals surface area contributed by atoms with E-state index in [0.717, 1.165) is 51.9 Å². The molecule has 0 spiro atoms. The van der Waals surface area contributed by atoms with Crippen LogP contribution in [0.3, 0.4) is 0 Å². The van der Waals surface area contributed by atoms with Crippen LogP contribution in [0.5, 0.6) is 11.5 Å². The lowest BCUT2D eigenvalue weighted by molar-refractivity contribution is -0.147. The van der Waals surface area contributed by atoms with Crippen molar-refractivity contribution < 1.29 is 33.7 Å². The van der Waals surface area contributed by atoms with Gasteiger partial charge in [0.2, 0.25) is 11.8 Å². The number of phenolic OH excluding ortho intramolecular Hbond substituents is 1. The minimum atomic E-state index is -0.590. The van der Waals surface area contributed by atoms with Crippen LogP contribution in [0.25, 0.3) is 21.5 Å². The normalized spacial score (nSPS) is 26.0. The minimum absolute atomic E-state index is 0.00995. The van der Waals surface area contributed by atoms with Gasteiger partial charge in [-0.3, -0.25) is 14.4 Å². The summed E-state index contributed by atoms with van der Waals surface area (Å²) in [4.78, 5) is 43.0. The quantitative estimate of drug-likeness (QED) is 0.103. The highest BCUT2D eigenvalue weighted by Crippen LogP contribution is 2.52. The number of rotatable bonds is 9. The number of hydrogen-bond acceptors (Lipinski definition) is 7. The van der Waals surface area contributed by atoms with Gasteiger partial charge in [0.15, 0.2) is 0 Å². The van der Waals surface area contributed by atoms with Crippen LogP contribution < -0.4 is 4.74 Å². The number of nitrogens with zero attached hydrogens (tertiary/aromatic N) is 2. The summed E-state index contributed by atoms with van der Waals surface area (Å²) >= 11 is 0. The molecular weight excluding hydrogens is 717 g/mol. The van der Waals surface area contributed by atoms with E-state index in [2.05, 4.69) is 46.8 Å². The molecule has 4 aliphatic heterocycles. The number of hydrogen-bond donors (Lipinski definition) is 1. The zero-order chi connectivity index (χ0) is 41.0. The first-order valence-electron chi connectivity index (χ1n) is 21.0. The zero-order valence-corrected chi connectivity index (χ0v) is 35.1. The number of benzene rings is 4. The summed E-state index contributed by atoms with van der Waals surface area (Å²) in [5.41, 5.74) is 1.12. The van der Waals surface area contributed by atoms with Gasteiger partial charge in [-0.15, -0.1) is 0 Å². The van der Waals surface area contributed by atoms with Gasteiger partial charge in [0.25, 0.3) is 0 Å². The largest absolute Gasteiger partial charge is 0.507 e. The van der Waals surface area contributed by atoms with Crippen LogP contribution in [0.1, 0.15) is 111 Å². The molecule has 4 heterocycles. The Morgan fingerprint density at radius 3 is 1.65 bits per heavy atom. The van der Waals surface area contributed by atoms with E-state index in [0.29, 0.717) is 25.4 Å². The third-order valence-electron chi connectivity index (χ3n) is 12.9. The van der Waals surface area contributed by atoms with Crippen LogP contribution in [-0.2, 0) is 23.9 Å². The van der Waals surface area contributed by atoms with Gasteiger partial charge in [0.1, 0.15) is 22.9 Å². The molecule has 0 aromatic heterocycles. The smallest absolute Gasteiger partial charge is 0.311 e. The van der Waals surface area contributed by atoms with E-state index in [1.807, 2.05) is 92.1 Å². The Bertz CT molecular complexity index is 2160. The van der Waals surface area contributed by atoms with Crippen molar-refractivity contribution in [1.82, 2.24) is 9.80 Å². The first-order valence-corrected chi connectivity index (χ1v) is 21.0. The lowest BCUT2D eigenvalue weighted by Crippen LogP contribution is -2.44. The predicted molar refractivity (Wildman–Crippen MR) is 223 cm³/mol. The molecule has 4 saturated heterocycles. The number of phenols is 1. The molecule has 4 aromatic carbocycles. The molecule has 2 unspecified atom stereocenters. The van der Waals surface area contributed by atoms with E-state index in [1.54, 1.807) is 6.07 Å². The highest BCUT2D eigenvalue weighted by molar-refractivity contribution is 5.95. The predicted octanol–water partition coefficient (Wildman–Crippen LogP) is 9.54. The zero-order valence-electron chi connectivity index (χ0n) is 35.1. The van der Waals surface area contributed by atoms with Crippen LogP contribution in [0, 0.1) is 23.7 Å². The second-order valence-corrected chi connectivity index (χ2v) is 18.0. The molecule has 4 fully saturated rings. The molecular formula is C48H60N2O7. The number of carbonyl (C=O) groups is 3. The third-order valence-corrected chi connectivity index (χ3v) is 12.9. The standard InChI is InChI=1S/C27H35NO4.C21H25NO3/c1-6-7-8-13-23(29)32-22-15-14-20(18-11-9-10-12-19(18)22)25-21-16-31-27(4,5)28(21)26(30)24(25)17(2)3;1-12(2)18-19(16-11-25-21(3,4)22(16)20(18)24)15-9-10-17(23)14-8-6-5-7-13(14)15/h9-12,14-15,17,21,24-25H,6-8,13,16H2,1-5H3;5-10,12,16,18-19,23H,11H2,1-4H3/t21?,24-,25-;16?,18-,19-/m11/s1. The highest BCUT2D eigenvalue weighted by Gasteiger charge is 2.59. The molecule has 0 radical (unpaired) electrons. The number of unbranched alkanes of at least 4 members (excludes halogenated alkanes) is 2. The maximum absolute atomic E-state index is 13.5. The summed E-state index contributed by atoms with van der Waals surface area (Å²) in [6, 6.07) is 23.7. The molecule has 0 aliphatic carbocycles. The van der Waals surface area contributed by atoms with Crippen LogP contribution >= 0.6 is 0 Å². The van der Waals surface area contributed by atoms with Gasteiger partial charge in [-0.2, -0.15) is 0 Å². The maximum Gasteiger partial charge on any atom is 0.311 e. The molecule has 304 valence electrons. The van der Waals surface area contributed by atoms with Crippen LogP contribution in [0.4, 0.5) is 0 Å². The number of ether oxygens (including phenoxy) is 3. The number of carbonyl (C=O) groups excluding carboxylic acids is 3. The molecule has 9 nitrogen and oxygen atoms in total. The average molecular weight is 777 g/mol. The van der Waals surface area contributed by atoms with Crippen LogP contribution in [0.15, 0.2) is 72.8 Å². The van der Waals surface area contributed by atoms with Crippen LogP contribution in [0.2, 0.25) is 0 Å². The van der Waals surface area contributed by atoms with Gasteiger partial charge in [0.05, 0.1) is 25.3 Å². The van der Waals surface area contributed by atoms with Gasteiger partial charge >= 0.3 is 5.97 Å². The molecule has 0 bridgehead atoms. The fraction of sp³-hybridized carbons (Fsp3) is 0.521. The Kier molecular flexibility index (Phi) is 11.2. The van der Waals surface area contributed by atoms with E-state index < -0.39 is 11.4 Å². The van der Waals surface area contributed by atoms with E-state index in [4.69, 9.17) is 14.2 Å². The summed E-state index contributed by atoms with van der Waals surface area (Å²) < 4.78 is 17.7. The Hall–Kier alpha value is -4.47. The SMILES string of the molecule is CC(C)[C@H]1C(=O)N2C(COC2(C)C)[C@H]1c1ccc(O)c2ccccc12.CCCCCC(=O)Oc1ccc([C@@H]2C3COC(C)(C)N3C(=O)[C@@H]2C(C)C)c2ccccc12. The van der Waals surface area contributed by atoms with Crippen molar-refractivity contribution in [2.75, 3.05) is 13.2 Å². The Morgan fingerprint density at radius 1 is 0.702 bits per heavy atom. The molecule has 57 heavy (non-hydrogen) atoms. The second kappa shape index (κ2) is 15.7. The van der Waals surface area contributed by atoms with Gasteiger partial charge < -0.3 is 29.1 Å². The van der Waals surface area contributed by atoms with Gasteiger partial charge in [-0.25, -0.2) is 0 Å². The van der Waals surface area contributed by atoms with E-state index >= 15 is 0 Å². The topological polar surface area (TPSA) is 106 Å². The monoisotopic (exact) mass is 776 g/mol. The average Bonchev–Trinajstić information content (AvgIpc) is 3.86. The summed E-state index contributed by atoms with van der Waals surface area (Å²) in [7, 11) is 0. The maximum atomic E-state index is 13.5. The van der Waals surface area contributed by atoms with Crippen molar-refractivity contribution in [3.05, 3.63) is 83.9 Å². The minimum Gasteiger partial charge on any atom is -0.507 e. The summed E-state index contributed by atoms with van der Waals surface area (Å²) in [6.45, 7) is 19.6. The number of aromatic hydroxyl groups is 1. The lowest BCUT2D eigenvalue weighted by atomic mass is 9.77. The second-order valence-electron chi connectivity index (χ2n) is 18.0. The fourth-order valence-corrected chi connectivity index (χ4v) is 10.3. The van der Waals surface area contributed by atoms with Crippen molar-refractivity contribution in [1.29, 1.82) is 0 Å². The number of fused-ring (bicyclic) bond motifs is 4. The highest BCUT2D eigenvalue weighted by atomic mass is 16.5. The van der Waals surface area contributed by atoms with Crippen molar-refractivity contribution in [2.24, 2.45) is 23.7 Å². The molecule has 8 rings (SSSR count). The summed E-state index contributed by atoms with van der Waals surface area (Å²) in [6.07, 6.45) is 3.37. The molecule has 9 heteroatoms. The number of amides is 2. The third kappa shape index (κ3) is 7.20. The molecule has 0 saturated carbocycles. The van der Waals surface area contributed by atoms with E-state index in [-0.39, 0.29) is 71.1 Å². The molecule has 4 aromatic rings.